The second-order valence-electron chi connectivity index (χ2n) is 5.18. The molecule has 0 spiro atoms. The number of anilines is 1. The molecule has 130 valence electrons. The van der Waals surface area contributed by atoms with Crippen molar-refractivity contribution in [2.24, 2.45) is 0 Å². The summed E-state index contributed by atoms with van der Waals surface area (Å²) in [5.74, 6) is -0.716. The fraction of sp³-hybridized carbons (Fsp3) is 0.278. The van der Waals surface area contributed by atoms with E-state index in [0.29, 0.717) is 15.7 Å². The molecule has 6 nitrogen and oxygen atoms in total. The van der Waals surface area contributed by atoms with Crippen molar-refractivity contribution in [2.75, 3.05) is 11.9 Å². The molecule has 1 aromatic heterocycles. The zero-order valence-corrected chi connectivity index (χ0v) is 15.1. The maximum absolute atomic E-state index is 12.5. The molecule has 0 fully saturated rings. The Hall–Kier alpha value is -2.85. The molecule has 1 aromatic carbocycles. The van der Waals surface area contributed by atoms with Gasteiger partial charge in [-0.25, -0.2) is 4.79 Å². The first-order chi connectivity index (χ1) is 12.0. The number of hydrogen-bond donors (Lipinski definition) is 1. The standard InChI is InChI=1S/C18H19N3O3S/c1-4-21-16(22)15(11-20-13-8-6-12(3)7-9-13)25-17(21)14(10-19)18(23)24-5-2/h6-9,11,20H,4-5H2,1-3H3/b15-11+,17-14+. The quantitative estimate of drug-likeness (QED) is 0.816. The zero-order valence-electron chi connectivity index (χ0n) is 14.3. The highest BCUT2D eigenvalue weighted by Crippen LogP contribution is 2.08. The van der Waals surface area contributed by atoms with Gasteiger partial charge in [-0.2, -0.15) is 5.26 Å². The van der Waals surface area contributed by atoms with Crippen molar-refractivity contribution < 1.29 is 9.53 Å². The summed E-state index contributed by atoms with van der Waals surface area (Å²) in [6.45, 7) is 5.97. The van der Waals surface area contributed by atoms with Gasteiger partial charge in [-0.3, -0.25) is 9.36 Å². The molecular weight excluding hydrogens is 338 g/mol. The number of carbonyl (C=O) groups excluding carboxylic acids is 1. The van der Waals surface area contributed by atoms with Crippen LogP contribution >= 0.6 is 11.3 Å². The lowest BCUT2D eigenvalue weighted by molar-refractivity contribution is -0.136. The maximum Gasteiger partial charge on any atom is 0.351 e. The number of benzene rings is 1. The number of nitrogens with zero attached hydrogens (tertiary/aromatic N) is 2. The fourth-order valence-electron chi connectivity index (χ4n) is 2.18. The molecule has 2 aromatic rings. The number of thiazole rings is 1. The van der Waals surface area contributed by atoms with E-state index in [2.05, 4.69) is 5.32 Å². The van der Waals surface area contributed by atoms with Crippen molar-refractivity contribution in [3.05, 3.63) is 49.4 Å². The molecule has 1 N–H and O–H groups in total. The number of nitriles is 1. The molecule has 0 aliphatic heterocycles. The van der Waals surface area contributed by atoms with E-state index >= 15 is 0 Å². The van der Waals surface area contributed by atoms with Crippen molar-refractivity contribution in [3.8, 4) is 6.07 Å². The molecule has 0 amide bonds. The highest BCUT2D eigenvalue weighted by atomic mass is 32.1. The first-order valence-electron chi connectivity index (χ1n) is 7.86. The van der Waals surface area contributed by atoms with Crippen LogP contribution in [-0.4, -0.2) is 17.1 Å². The number of carbonyl (C=O) groups is 1. The van der Waals surface area contributed by atoms with Gasteiger partial charge in [-0.1, -0.05) is 17.7 Å². The number of aryl methyl sites for hydroxylation is 1. The van der Waals surface area contributed by atoms with E-state index in [4.69, 9.17) is 4.74 Å². The lowest BCUT2D eigenvalue weighted by Gasteiger charge is -2.00. The van der Waals surface area contributed by atoms with E-state index < -0.39 is 5.97 Å². The van der Waals surface area contributed by atoms with Crippen LogP contribution in [0.4, 0.5) is 5.69 Å². The third-order valence-corrected chi connectivity index (χ3v) is 4.58. The average molecular weight is 357 g/mol. The second kappa shape index (κ2) is 8.31. The largest absolute Gasteiger partial charge is 0.462 e. The van der Waals surface area contributed by atoms with Crippen LogP contribution in [0.5, 0.6) is 0 Å². The topological polar surface area (TPSA) is 84.1 Å². The van der Waals surface area contributed by atoms with Gasteiger partial charge < -0.3 is 10.1 Å². The Bertz CT molecular complexity index is 979. The third-order valence-electron chi connectivity index (χ3n) is 3.45. The molecule has 0 aliphatic rings. The molecule has 0 atom stereocenters. The highest BCUT2D eigenvalue weighted by Gasteiger charge is 2.16. The molecule has 0 unspecified atom stereocenters. The third kappa shape index (κ3) is 4.17. The van der Waals surface area contributed by atoms with E-state index in [0.717, 1.165) is 22.6 Å². The molecule has 0 saturated heterocycles. The zero-order chi connectivity index (χ0) is 18.4. The Morgan fingerprint density at radius 2 is 2.04 bits per heavy atom. The lowest BCUT2D eigenvalue weighted by Crippen LogP contribution is -2.32. The van der Waals surface area contributed by atoms with Crippen LogP contribution in [0.1, 0.15) is 19.4 Å². The summed E-state index contributed by atoms with van der Waals surface area (Å²) in [6, 6.07) is 9.59. The minimum Gasteiger partial charge on any atom is -0.462 e. The van der Waals surface area contributed by atoms with Crippen molar-refractivity contribution in [3.63, 3.8) is 0 Å². The SMILES string of the molecule is CCOC(=O)/C(C#N)=c1/s/c(=C/Nc2ccc(C)cc2)c(=O)n1CC. The van der Waals surface area contributed by atoms with Crippen molar-refractivity contribution in [1.29, 1.82) is 5.26 Å². The Kier molecular flexibility index (Phi) is 6.14. The number of esters is 1. The van der Waals surface area contributed by atoms with E-state index in [1.807, 2.05) is 37.3 Å². The number of ether oxygens (including phenoxy) is 1. The lowest BCUT2D eigenvalue weighted by atomic mass is 10.2. The van der Waals surface area contributed by atoms with Crippen LogP contribution in [0, 0.1) is 18.3 Å². The molecular formula is C18H19N3O3S. The predicted octanol–water partition coefficient (Wildman–Crippen LogP) is 1.33. The van der Waals surface area contributed by atoms with E-state index in [-0.39, 0.29) is 17.7 Å². The van der Waals surface area contributed by atoms with Crippen LogP contribution in [0.2, 0.25) is 0 Å². The molecule has 2 rings (SSSR count). The Balaban J connectivity index is 2.55. The van der Waals surface area contributed by atoms with E-state index in [1.165, 1.54) is 4.57 Å². The van der Waals surface area contributed by atoms with Crippen molar-refractivity contribution in [1.82, 2.24) is 4.57 Å². The monoisotopic (exact) mass is 357 g/mol. The molecule has 0 radical (unpaired) electrons. The van der Waals surface area contributed by atoms with Gasteiger partial charge in [0.15, 0.2) is 5.57 Å². The summed E-state index contributed by atoms with van der Waals surface area (Å²) in [5, 5.41) is 12.4. The number of rotatable bonds is 5. The molecule has 0 aliphatic carbocycles. The maximum atomic E-state index is 12.5. The smallest absolute Gasteiger partial charge is 0.351 e. The minimum atomic E-state index is -0.716. The average Bonchev–Trinajstić information content (AvgIpc) is 2.91. The molecule has 1 heterocycles. The van der Waals surface area contributed by atoms with Crippen LogP contribution < -0.4 is 20.1 Å². The Morgan fingerprint density at radius 1 is 1.36 bits per heavy atom. The van der Waals surface area contributed by atoms with Gasteiger partial charge in [0.05, 0.1) is 6.61 Å². The summed E-state index contributed by atoms with van der Waals surface area (Å²) in [7, 11) is 0. The van der Waals surface area contributed by atoms with Crippen LogP contribution in [0.25, 0.3) is 11.8 Å². The minimum absolute atomic E-state index is 0.152. The fourth-order valence-corrected chi connectivity index (χ4v) is 3.25. The first-order valence-corrected chi connectivity index (χ1v) is 8.68. The molecule has 0 saturated carbocycles. The van der Waals surface area contributed by atoms with Crippen molar-refractivity contribution in [2.45, 2.75) is 27.3 Å². The first kappa shape index (κ1) is 18.5. The van der Waals surface area contributed by atoms with Gasteiger partial charge in [0, 0.05) is 18.4 Å². The summed E-state index contributed by atoms with van der Waals surface area (Å²) >= 11 is 1.09. The van der Waals surface area contributed by atoms with Crippen LogP contribution in [0.3, 0.4) is 0 Å². The van der Waals surface area contributed by atoms with Gasteiger partial charge in [0.2, 0.25) is 0 Å². The van der Waals surface area contributed by atoms with Gasteiger partial charge in [0.1, 0.15) is 15.3 Å². The van der Waals surface area contributed by atoms with Gasteiger partial charge in [-0.05, 0) is 32.9 Å². The van der Waals surface area contributed by atoms with Gasteiger partial charge >= 0.3 is 5.97 Å². The van der Waals surface area contributed by atoms with Crippen LogP contribution in [0.15, 0.2) is 29.1 Å². The number of hydrogen-bond acceptors (Lipinski definition) is 6. The predicted molar refractivity (Wildman–Crippen MR) is 98.4 cm³/mol. The Morgan fingerprint density at radius 3 is 2.60 bits per heavy atom. The normalized spacial score (nSPS) is 12.5. The van der Waals surface area contributed by atoms with Gasteiger partial charge in [0.25, 0.3) is 5.56 Å². The van der Waals surface area contributed by atoms with E-state index in [1.54, 1.807) is 20.0 Å². The van der Waals surface area contributed by atoms with E-state index in [9.17, 15) is 14.9 Å². The number of nitrogens with one attached hydrogen (secondary N) is 1. The van der Waals surface area contributed by atoms with Crippen molar-refractivity contribution >= 4 is 34.8 Å². The summed E-state index contributed by atoms with van der Waals surface area (Å²) < 4.78 is 7.03. The molecule has 25 heavy (non-hydrogen) atoms. The van der Waals surface area contributed by atoms with Crippen LogP contribution in [-0.2, 0) is 16.1 Å². The van der Waals surface area contributed by atoms with Gasteiger partial charge in [-0.15, -0.1) is 11.3 Å². The summed E-state index contributed by atoms with van der Waals surface area (Å²) in [4.78, 5) is 24.5. The number of aromatic nitrogens is 1. The molecule has 7 heteroatoms. The molecule has 0 bridgehead atoms. The summed E-state index contributed by atoms with van der Waals surface area (Å²) in [5.41, 5.74) is 1.58. The summed E-state index contributed by atoms with van der Waals surface area (Å²) in [6.07, 6.45) is 1.59. The Labute approximate surface area is 149 Å². The second-order valence-corrected chi connectivity index (χ2v) is 6.21. The highest BCUT2D eigenvalue weighted by molar-refractivity contribution is 7.07.